The molecule has 5 nitrogen and oxygen atoms in total. The molecule has 0 unspecified atom stereocenters. The van der Waals surface area contributed by atoms with Gasteiger partial charge in [-0.1, -0.05) is 19.9 Å². The van der Waals surface area contributed by atoms with Crippen LogP contribution in [0.15, 0.2) is 18.2 Å². The molecule has 0 fully saturated rings. The van der Waals surface area contributed by atoms with E-state index in [1.54, 1.807) is 4.90 Å². The fourth-order valence-corrected chi connectivity index (χ4v) is 1.99. The lowest BCUT2D eigenvalue weighted by Gasteiger charge is -2.20. The lowest BCUT2D eigenvalue weighted by Crippen LogP contribution is -2.35. The lowest BCUT2D eigenvalue weighted by atomic mass is 10.1. The first-order valence-corrected chi connectivity index (χ1v) is 7.22. The fraction of sp³-hybridized carbons (Fsp3) is 0.500. The predicted octanol–water partition coefficient (Wildman–Crippen LogP) is 1.63. The van der Waals surface area contributed by atoms with Gasteiger partial charge in [-0.15, -0.1) is 0 Å². The summed E-state index contributed by atoms with van der Waals surface area (Å²) < 4.78 is 0. The summed E-state index contributed by atoms with van der Waals surface area (Å²) in [5.74, 6) is -0.0468. The molecule has 1 rings (SSSR count). The Kier molecular flexibility index (Phi) is 6.70. The number of nitrogens with zero attached hydrogens (tertiary/aromatic N) is 2. The zero-order chi connectivity index (χ0) is 15.8. The molecule has 0 saturated heterocycles. The minimum atomic E-state index is -0.0468. The van der Waals surface area contributed by atoms with Crippen LogP contribution in [0.1, 0.15) is 31.9 Å². The van der Waals surface area contributed by atoms with E-state index in [4.69, 9.17) is 0 Å². The molecule has 21 heavy (non-hydrogen) atoms. The van der Waals surface area contributed by atoms with E-state index in [-0.39, 0.29) is 12.5 Å². The lowest BCUT2D eigenvalue weighted by molar-refractivity contribution is -0.119. The maximum atomic E-state index is 11.6. The van der Waals surface area contributed by atoms with Crippen molar-refractivity contribution in [3.8, 4) is 6.07 Å². The van der Waals surface area contributed by atoms with Gasteiger partial charge in [0, 0.05) is 26.2 Å². The number of hydrogen-bond donors (Lipinski definition) is 2. The van der Waals surface area contributed by atoms with Crippen LogP contribution in [0, 0.1) is 11.3 Å². The monoisotopic (exact) mass is 288 g/mol. The predicted molar refractivity (Wildman–Crippen MR) is 85.1 cm³/mol. The third-order valence-corrected chi connectivity index (χ3v) is 3.06. The average molecular weight is 288 g/mol. The van der Waals surface area contributed by atoms with Gasteiger partial charge in [-0.3, -0.25) is 4.79 Å². The second-order valence-electron chi connectivity index (χ2n) is 5.31. The summed E-state index contributed by atoms with van der Waals surface area (Å²) >= 11 is 0. The largest absolute Gasteiger partial charge is 0.364 e. The van der Waals surface area contributed by atoms with Gasteiger partial charge in [0.25, 0.3) is 0 Å². The summed E-state index contributed by atoms with van der Waals surface area (Å²) in [5, 5.41) is 15.4. The molecule has 0 aliphatic heterocycles. The molecule has 2 N–H and O–H groups in total. The Balaban J connectivity index is 2.83. The zero-order valence-electron chi connectivity index (χ0n) is 13.2. The topological polar surface area (TPSA) is 68.2 Å². The van der Waals surface area contributed by atoms with E-state index in [0.29, 0.717) is 18.2 Å². The van der Waals surface area contributed by atoms with Crippen molar-refractivity contribution in [3.63, 3.8) is 0 Å². The van der Waals surface area contributed by atoms with Gasteiger partial charge < -0.3 is 15.5 Å². The van der Waals surface area contributed by atoms with E-state index in [9.17, 15) is 10.1 Å². The first-order valence-electron chi connectivity index (χ1n) is 7.22. The number of rotatable bonds is 7. The summed E-state index contributed by atoms with van der Waals surface area (Å²) in [6.45, 7) is 7.63. The standard InChI is InChI=1S/C16H24N4O/c1-5-18-16(21)11-20(4)15-7-6-13(8-14(15)9-17)10-19-12(2)3/h6-8,12,19H,5,10-11H2,1-4H3,(H,18,21). The van der Waals surface area contributed by atoms with E-state index in [2.05, 4.69) is 30.6 Å². The smallest absolute Gasteiger partial charge is 0.239 e. The second kappa shape index (κ2) is 8.28. The van der Waals surface area contributed by atoms with Crippen molar-refractivity contribution in [2.75, 3.05) is 25.0 Å². The maximum absolute atomic E-state index is 11.6. The molecular weight excluding hydrogens is 264 g/mol. The third kappa shape index (κ3) is 5.44. The highest BCUT2D eigenvalue weighted by Gasteiger charge is 2.11. The van der Waals surface area contributed by atoms with Crippen LogP contribution in [-0.4, -0.2) is 32.1 Å². The van der Waals surface area contributed by atoms with Crippen molar-refractivity contribution in [1.82, 2.24) is 10.6 Å². The van der Waals surface area contributed by atoms with Crippen molar-refractivity contribution in [1.29, 1.82) is 5.26 Å². The number of carbonyl (C=O) groups is 1. The van der Waals surface area contributed by atoms with Crippen LogP contribution < -0.4 is 15.5 Å². The average Bonchev–Trinajstić information content (AvgIpc) is 2.44. The van der Waals surface area contributed by atoms with Crippen LogP contribution in [0.2, 0.25) is 0 Å². The van der Waals surface area contributed by atoms with Gasteiger partial charge in [-0.25, -0.2) is 0 Å². The van der Waals surface area contributed by atoms with Crippen LogP contribution in [0.3, 0.4) is 0 Å². The van der Waals surface area contributed by atoms with Gasteiger partial charge in [-0.2, -0.15) is 5.26 Å². The Hall–Kier alpha value is -2.06. The SMILES string of the molecule is CCNC(=O)CN(C)c1ccc(CNC(C)C)cc1C#N. The molecular formula is C16H24N4O. The van der Waals surface area contributed by atoms with Gasteiger partial charge in [0.2, 0.25) is 5.91 Å². The second-order valence-corrected chi connectivity index (χ2v) is 5.31. The van der Waals surface area contributed by atoms with Crippen molar-refractivity contribution >= 4 is 11.6 Å². The van der Waals surface area contributed by atoms with Gasteiger partial charge in [0.15, 0.2) is 0 Å². The molecule has 0 heterocycles. The van der Waals surface area contributed by atoms with Gasteiger partial charge >= 0.3 is 0 Å². The van der Waals surface area contributed by atoms with Crippen LogP contribution >= 0.6 is 0 Å². The molecule has 0 bridgehead atoms. The molecule has 1 aromatic carbocycles. The molecule has 0 aliphatic rings. The molecule has 0 radical (unpaired) electrons. The van der Waals surface area contributed by atoms with Crippen LogP contribution in [0.25, 0.3) is 0 Å². The van der Waals surface area contributed by atoms with Gasteiger partial charge in [0.1, 0.15) is 6.07 Å². The number of likely N-dealkylation sites (N-methyl/N-ethyl adjacent to an activating group) is 2. The van der Waals surface area contributed by atoms with Gasteiger partial charge in [0.05, 0.1) is 17.8 Å². The molecule has 1 amide bonds. The number of nitriles is 1. The number of amides is 1. The van der Waals surface area contributed by atoms with E-state index in [1.807, 2.05) is 32.2 Å². The van der Waals surface area contributed by atoms with Crippen LogP contribution in [0.5, 0.6) is 0 Å². The zero-order valence-corrected chi connectivity index (χ0v) is 13.2. The first-order chi connectivity index (χ1) is 9.97. The normalized spacial score (nSPS) is 10.3. The molecule has 0 spiro atoms. The quantitative estimate of drug-likeness (QED) is 0.800. The highest BCUT2D eigenvalue weighted by atomic mass is 16.2. The highest BCUT2D eigenvalue weighted by molar-refractivity contribution is 5.81. The van der Waals surface area contributed by atoms with Crippen molar-refractivity contribution in [2.24, 2.45) is 0 Å². The number of carbonyl (C=O) groups excluding carboxylic acids is 1. The Labute approximate surface area is 126 Å². The Morgan fingerprint density at radius 1 is 1.43 bits per heavy atom. The number of benzene rings is 1. The molecule has 0 saturated carbocycles. The van der Waals surface area contributed by atoms with Crippen molar-refractivity contribution < 1.29 is 4.79 Å². The van der Waals surface area contributed by atoms with E-state index >= 15 is 0 Å². The Morgan fingerprint density at radius 2 is 2.14 bits per heavy atom. The summed E-state index contributed by atoms with van der Waals surface area (Å²) in [6.07, 6.45) is 0. The number of nitrogens with one attached hydrogen (secondary N) is 2. The minimum absolute atomic E-state index is 0.0468. The van der Waals surface area contributed by atoms with E-state index in [1.165, 1.54) is 0 Å². The molecule has 0 aliphatic carbocycles. The van der Waals surface area contributed by atoms with Crippen molar-refractivity contribution in [3.05, 3.63) is 29.3 Å². The first kappa shape index (κ1) is 17.0. The molecule has 1 aromatic rings. The minimum Gasteiger partial charge on any atom is -0.364 e. The summed E-state index contributed by atoms with van der Waals surface area (Å²) in [5.41, 5.74) is 2.43. The number of hydrogen-bond acceptors (Lipinski definition) is 4. The molecule has 114 valence electrons. The van der Waals surface area contributed by atoms with Crippen LogP contribution in [0.4, 0.5) is 5.69 Å². The van der Waals surface area contributed by atoms with Gasteiger partial charge in [-0.05, 0) is 24.6 Å². The van der Waals surface area contributed by atoms with Crippen molar-refractivity contribution in [2.45, 2.75) is 33.4 Å². The summed E-state index contributed by atoms with van der Waals surface area (Å²) in [7, 11) is 1.82. The highest BCUT2D eigenvalue weighted by Crippen LogP contribution is 2.20. The maximum Gasteiger partial charge on any atom is 0.239 e. The third-order valence-electron chi connectivity index (χ3n) is 3.06. The Bertz CT molecular complexity index is 519. The molecule has 0 aromatic heterocycles. The number of anilines is 1. The summed E-state index contributed by atoms with van der Waals surface area (Å²) in [6, 6.07) is 8.37. The van der Waals surface area contributed by atoms with Crippen LogP contribution in [-0.2, 0) is 11.3 Å². The molecule has 5 heteroatoms. The fourth-order valence-electron chi connectivity index (χ4n) is 1.99. The molecule has 0 atom stereocenters. The van der Waals surface area contributed by atoms with E-state index < -0.39 is 0 Å². The summed E-state index contributed by atoms with van der Waals surface area (Å²) in [4.78, 5) is 13.4. The van der Waals surface area contributed by atoms with E-state index in [0.717, 1.165) is 17.8 Å². The Morgan fingerprint density at radius 3 is 2.71 bits per heavy atom.